The van der Waals surface area contributed by atoms with Crippen molar-refractivity contribution in [2.75, 3.05) is 13.1 Å². The predicted octanol–water partition coefficient (Wildman–Crippen LogP) is 3.42. The molecule has 2 fully saturated rings. The second-order valence-electron chi connectivity index (χ2n) is 6.14. The van der Waals surface area contributed by atoms with Crippen molar-refractivity contribution in [2.45, 2.75) is 50.5 Å². The van der Waals surface area contributed by atoms with Crippen LogP contribution in [0.5, 0.6) is 0 Å². The van der Waals surface area contributed by atoms with Crippen molar-refractivity contribution in [3.63, 3.8) is 0 Å². The average molecular weight is 298 g/mol. The minimum atomic E-state index is -4.25. The van der Waals surface area contributed by atoms with Crippen LogP contribution in [0.4, 0.5) is 13.2 Å². The summed E-state index contributed by atoms with van der Waals surface area (Å²) >= 11 is 0. The van der Waals surface area contributed by atoms with Crippen LogP contribution in [0.1, 0.15) is 36.8 Å². The van der Waals surface area contributed by atoms with E-state index in [1.165, 1.54) is 37.8 Å². The van der Waals surface area contributed by atoms with Gasteiger partial charge in [-0.25, -0.2) is 0 Å². The largest absolute Gasteiger partial charge is 0.416 e. The highest BCUT2D eigenvalue weighted by Gasteiger charge is 2.30. The molecule has 1 atom stereocenters. The van der Waals surface area contributed by atoms with Crippen molar-refractivity contribution < 1.29 is 13.2 Å². The van der Waals surface area contributed by atoms with Gasteiger partial charge in [-0.15, -0.1) is 0 Å². The third-order valence-electron chi connectivity index (χ3n) is 4.39. The Bertz CT molecular complexity index is 465. The van der Waals surface area contributed by atoms with Gasteiger partial charge in [-0.05, 0) is 49.9 Å². The topological polar surface area (TPSA) is 15.3 Å². The van der Waals surface area contributed by atoms with Crippen molar-refractivity contribution >= 4 is 0 Å². The first-order valence-electron chi connectivity index (χ1n) is 7.66. The molecule has 0 aromatic heterocycles. The first-order chi connectivity index (χ1) is 10.0. The molecule has 1 aromatic carbocycles. The molecule has 116 valence electrons. The van der Waals surface area contributed by atoms with Crippen LogP contribution in [0.25, 0.3) is 0 Å². The van der Waals surface area contributed by atoms with Crippen LogP contribution in [-0.2, 0) is 12.7 Å². The zero-order valence-corrected chi connectivity index (χ0v) is 12.0. The van der Waals surface area contributed by atoms with Gasteiger partial charge in [-0.1, -0.05) is 12.1 Å². The molecule has 5 heteroatoms. The molecule has 1 aliphatic heterocycles. The van der Waals surface area contributed by atoms with Gasteiger partial charge in [0.25, 0.3) is 0 Å². The van der Waals surface area contributed by atoms with E-state index in [1.54, 1.807) is 12.1 Å². The van der Waals surface area contributed by atoms with Gasteiger partial charge in [0.05, 0.1) is 5.56 Å². The summed E-state index contributed by atoms with van der Waals surface area (Å²) in [4.78, 5) is 2.39. The smallest absolute Gasteiger partial charge is 0.312 e. The molecule has 1 unspecified atom stereocenters. The van der Waals surface area contributed by atoms with Crippen LogP contribution >= 0.6 is 0 Å². The lowest BCUT2D eigenvalue weighted by molar-refractivity contribution is -0.137. The number of likely N-dealkylation sites (tertiary alicyclic amines) is 1. The van der Waals surface area contributed by atoms with Gasteiger partial charge in [0, 0.05) is 25.2 Å². The number of alkyl halides is 3. The van der Waals surface area contributed by atoms with Crippen molar-refractivity contribution in [3.05, 3.63) is 35.4 Å². The number of benzene rings is 1. The first-order valence-corrected chi connectivity index (χ1v) is 7.66. The minimum Gasteiger partial charge on any atom is -0.312 e. The summed E-state index contributed by atoms with van der Waals surface area (Å²) in [6.07, 6.45) is 0.679. The van der Waals surface area contributed by atoms with Gasteiger partial charge in [-0.2, -0.15) is 13.2 Å². The number of nitrogens with one attached hydrogen (secondary N) is 1. The SMILES string of the molecule is FC(F)(F)c1ccc(CN2CCCC2CNC2CC2)cc1. The molecule has 0 amide bonds. The van der Waals surface area contributed by atoms with E-state index >= 15 is 0 Å². The molecule has 1 saturated carbocycles. The lowest BCUT2D eigenvalue weighted by Crippen LogP contribution is -2.38. The van der Waals surface area contributed by atoms with Gasteiger partial charge >= 0.3 is 6.18 Å². The second-order valence-corrected chi connectivity index (χ2v) is 6.14. The Kier molecular flexibility index (Phi) is 4.22. The third kappa shape index (κ3) is 3.98. The summed E-state index contributed by atoms with van der Waals surface area (Å²) in [6.45, 7) is 2.79. The van der Waals surface area contributed by atoms with Gasteiger partial charge in [-0.3, -0.25) is 4.90 Å². The Morgan fingerprint density at radius 2 is 1.81 bits per heavy atom. The van der Waals surface area contributed by atoms with E-state index in [-0.39, 0.29) is 0 Å². The Balaban J connectivity index is 1.56. The Labute approximate surface area is 123 Å². The Hall–Kier alpha value is -1.07. The monoisotopic (exact) mass is 298 g/mol. The van der Waals surface area contributed by atoms with Gasteiger partial charge in [0.2, 0.25) is 0 Å². The highest BCUT2D eigenvalue weighted by Crippen LogP contribution is 2.29. The minimum absolute atomic E-state index is 0.521. The average Bonchev–Trinajstić information content (AvgIpc) is 3.17. The highest BCUT2D eigenvalue weighted by molar-refractivity contribution is 5.24. The number of halogens is 3. The Morgan fingerprint density at radius 1 is 1.10 bits per heavy atom. The molecule has 1 aliphatic carbocycles. The van der Waals surface area contributed by atoms with E-state index in [9.17, 15) is 13.2 Å². The molecular weight excluding hydrogens is 277 g/mol. The zero-order chi connectivity index (χ0) is 14.9. The highest BCUT2D eigenvalue weighted by atomic mass is 19.4. The van der Waals surface area contributed by atoms with Crippen molar-refractivity contribution in [1.29, 1.82) is 0 Å². The summed E-state index contributed by atoms with van der Waals surface area (Å²) < 4.78 is 37.6. The molecule has 1 aromatic rings. The van der Waals surface area contributed by atoms with Crippen molar-refractivity contribution in [1.82, 2.24) is 10.2 Å². The van der Waals surface area contributed by atoms with Crippen LogP contribution < -0.4 is 5.32 Å². The molecule has 0 spiro atoms. The standard InChI is InChI=1S/C16H21F3N2/c17-16(18,19)13-5-3-12(4-6-13)11-21-9-1-2-15(21)10-20-14-7-8-14/h3-6,14-15,20H,1-2,7-11H2. The summed E-state index contributed by atoms with van der Waals surface area (Å²) in [6, 6.07) is 6.80. The zero-order valence-electron chi connectivity index (χ0n) is 12.0. The van der Waals surface area contributed by atoms with Crippen LogP contribution in [-0.4, -0.2) is 30.1 Å². The molecule has 2 aliphatic rings. The van der Waals surface area contributed by atoms with E-state index in [0.717, 1.165) is 25.2 Å². The maximum Gasteiger partial charge on any atom is 0.416 e. The van der Waals surface area contributed by atoms with Crippen molar-refractivity contribution in [2.24, 2.45) is 0 Å². The lowest BCUT2D eigenvalue weighted by Gasteiger charge is -2.25. The third-order valence-corrected chi connectivity index (χ3v) is 4.39. The van der Waals surface area contributed by atoms with E-state index in [4.69, 9.17) is 0 Å². The molecule has 0 bridgehead atoms. The van der Waals surface area contributed by atoms with E-state index in [0.29, 0.717) is 12.1 Å². The number of rotatable bonds is 5. The maximum absolute atomic E-state index is 12.5. The normalized spacial score (nSPS) is 23.7. The van der Waals surface area contributed by atoms with Gasteiger partial charge in [0.15, 0.2) is 0 Å². The fourth-order valence-electron chi connectivity index (χ4n) is 2.96. The molecule has 21 heavy (non-hydrogen) atoms. The predicted molar refractivity (Wildman–Crippen MR) is 75.9 cm³/mol. The van der Waals surface area contributed by atoms with Crippen LogP contribution in [0.3, 0.4) is 0 Å². The lowest BCUT2D eigenvalue weighted by atomic mass is 10.1. The quantitative estimate of drug-likeness (QED) is 0.896. The summed E-state index contributed by atoms with van der Waals surface area (Å²) in [7, 11) is 0. The van der Waals surface area contributed by atoms with Gasteiger partial charge < -0.3 is 5.32 Å². The fourth-order valence-corrected chi connectivity index (χ4v) is 2.96. The van der Waals surface area contributed by atoms with E-state index in [1.807, 2.05) is 0 Å². The molecule has 2 nitrogen and oxygen atoms in total. The van der Waals surface area contributed by atoms with E-state index < -0.39 is 11.7 Å². The molecular formula is C16H21F3N2. The van der Waals surface area contributed by atoms with Gasteiger partial charge in [0.1, 0.15) is 0 Å². The summed E-state index contributed by atoms with van der Waals surface area (Å²) in [5.41, 5.74) is 0.390. The molecule has 1 N–H and O–H groups in total. The number of nitrogens with zero attached hydrogens (tertiary/aromatic N) is 1. The van der Waals surface area contributed by atoms with Crippen LogP contribution in [0.2, 0.25) is 0 Å². The fraction of sp³-hybridized carbons (Fsp3) is 0.625. The first kappa shape index (κ1) is 14.9. The van der Waals surface area contributed by atoms with Crippen LogP contribution in [0.15, 0.2) is 24.3 Å². The molecule has 1 saturated heterocycles. The second kappa shape index (κ2) is 5.97. The molecule has 0 radical (unpaired) electrons. The molecule has 3 rings (SSSR count). The molecule has 1 heterocycles. The number of hydrogen-bond acceptors (Lipinski definition) is 2. The number of hydrogen-bond donors (Lipinski definition) is 1. The maximum atomic E-state index is 12.5. The van der Waals surface area contributed by atoms with E-state index in [2.05, 4.69) is 10.2 Å². The Morgan fingerprint density at radius 3 is 2.43 bits per heavy atom. The summed E-state index contributed by atoms with van der Waals surface area (Å²) in [5, 5.41) is 3.55. The van der Waals surface area contributed by atoms with Crippen LogP contribution in [0, 0.1) is 0 Å². The summed E-state index contributed by atoms with van der Waals surface area (Å²) in [5.74, 6) is 0. The van der Waals surface area contributed by atoms with Crippen molar-refractivity contribution in [3.8, 4) is 0 Å².